The summed E-state index contributed by atoms with van der Waals surface area (Å²) in [7, 11) is 0. The van der Waals surface area contributed by atoms with Crippen LogP contribution in [0.2, 0.25) is 0 Å². The van der Waals surface area contributed by atoms with Crippen molar-refractivity contribution in [3.05, 3.63) is 59.2 Å². The lowest BCUT2D eigenvalue weighted by Gasteiger charge is -2.11. The van der Waals surface area contributed by atoms with E-state index in [0.29, 0.717) is 11.3 Å². The molecule has 0 aliphatic carbocycles. The van der Waals surface area contributed by atoms with E-state index in [4.69, 9.17) is 10.5 Å². The van der Waals surface area contributed by atoms with Crippen molar-refractivity contribution < 1.29 is 9.53 Å². The molecule has 3 heteroatoms. The van der Waals surface area contributed by atoms with Gasteiger partial charge in [-0.2, -0.15) is 0 Å². The number of ether oxygens (including phenoxy) is 1. The summed E-state index contributed by atoms with van der Waals surface area (Å²) in [6, 6.07) is 13.2. The molecule has 0 fully saturated rings. The van der Waals surface area contributed by atoms with Gasteiger partial charge >= 0.3 is 0 Å². The maximum absolute atomic E-state index is 11.3. The summed E-state index contributed by atoms with van der Waals surface area (Å²) >= 11 is 0. The van der Waals surface area contributed by atoms with Gasteiger partial charge in [-0.1, -0.05) is 18.2 Å². The van der Waals surface area contributed by atoms with Crippen LogP contribution >= 0.6 is 0 Å². The molecule has 2 rings (SSSR count). The van der Waals surface area contributed by atoms with E-state index >= 15 is 0 Å². The Morgan fingerprint density at radius 3 is 2.06 bits per heavy atom. The van der Waals surface area contributed by atoms with Crippen molar-refractivity contribution in [2.75, 3.05) is 0 Å². The van der Waals surface area contributed by atoms with Gasteiger partial charge < -0.3 is 10.5 Å². The molecule has 3 nitrogen and oxygen atoms in total. The molecule has 92 valence electrons. The number of hydrogen-bond acceptors (Lipinski definition) is 2. The molecule has 18 heavy (non-hydrogen) atoms. The third-order valence-corrected chi connectivity index (χ3v) is 2.73. The third kappa shape index (κ3) is 2.51. The van der Waals surface area contributed by atoms with Crippen LogP contribution in [0, 0.1) is 13.8 Å². The number of amides is 1. The topological polar surface area (TPSA) is 52.3 Å². The van der Waals surface area contributed by atoms with Crippen LogP contribution < -0.4 is 10.5 Å². The van der Waals surface area contributed by atoms with E-state index in [0.717, 1.165) is 16.9 Å². The first-order valence-electron chi connectivity index (χ1n) is 5.72. The molecule has 0 aromatic heterocycles. The normalized spacial score (nSPS) is 10.1. The summed E-state index contributed by atoms with van der Waals surface area (Å²) in [4.78, 5) is 11.3. The summed E-state index contributed by atoms with van der Waals surface area (Å²) in [6.07, 6.45) is 0. The second kappa shape index (κ2) is 4.92. The monoisotopic (exact) mass is 241 g/mol. The lowest BCUT2D eigenvalue weighted by atomic mass is 10.0. The van der Waals surface area contributed by atoms with E-state index in [9.17, 15) is 4.79 Å². The average Bonchev–Trinajstić information content (AvgIpc) is 2.28. The molecule has 1 amide bonds. The van der Waals surface area contributed by atoms with Crippen molar-refractivity contribution >= 4 is 5.91 Å². The highest BCUT2D eigenvalue weighted by Crippen LogP contribution is 2.26. The quantitative estimate of drug-likeness (QED) is 0.897. The summed E-state index contributed by atoms with van der Waals surface area (Å²) in [5, 5.41) is 0. The van der Waals surface area contributed by atoms with Gasteiger partial charge in [0.15, 0.2) is 0 Å². The Morgan fingerprint density at radius 2 is 1.56 bits per heavy atom. The third-order valence-electron chi connectivity index (χ3n) is 2.73. The maximum atomic E-state index is 11.3. The Hall–Kier alpha value is -2.29. The second-order valence-electron chi connectivity index (χ2n) is 4.21. The number of rotatable bonds is 3. The lowest BCUT2D eigenvalue weighted by Crippen LogP contribution is -2.14. The molecule has 0 atom stereocenters. The van der Waals surface area contributed by atoms with Gasteiger partial charge in [0, 0.05) is 5.56 Å². The van der Waals surface area contributed by atoms with E-state index in [1.807, 2.05) is 56.3 Å². The van der Waals surface area contributed by atoms with E-state index in [1.165, 1.54) is 0 Å². The second-order valence-corrected chi connectivity index (χ2v) is 4.21. The molecule has 0 heterocycles. The van der Waals surface area contributed by atoms with Gasteiger partial charge in [0.1, 0.15) is 11.5 Å². The zero-order valence-electron chi connectivity index (χ0n) is 10.4. The van der Waals surface area contributed by atoms with Crippen molar-refractivity contribution in [1.29, 1.82) is 0 Å². The van der Waals surface area contributed by atoms with Crippen LogP contribution in [0.5, 0.6) is 11.5 Å². The Bertz CT molecular complexity index is 553. The Labute approximate surface area is 106 Å². The van der Waals surface area contributed by atoms with Gasteiger partial charge in [-0.05, 0) is 49.2 Å². The number of carbonyl (C=O) groups excluding carboxylic acids is 1. The van der Waals surface area contributed by atoms with Crippen molar-refractivity contribution in [2.24, 2.45) is 5.73 Å². The van der Waals surface area contributed by atoms with E-state index in [2.05, 4.69) is 0 Å². The molecule has 0 saturated heterocycles. The fourth-order valence-electron chi connectivity index (χ4n) is 2.00. The first kappa shape index (κ1) is 12.2. The van der Waals surface area contributed by atoms with Gasteiger partial charge in [-0.15, -0.1) is 0 Å². The smallest absolute Gasteiger partial charge is 0.249 e. The number of carbonyl (C=O) groups is 1. The summed E-state index contributed by atoms with van der Waals surface area (Å²) in [5.41, 5.74) is 7.56. The van der Waals surface area contributed by atoms with Crippen molar-refractivity contribution in [1.82, 2.24) is 0 Å². The van der Waals surface area contributed by atoms with Gasteiger partial charge in [-0.25, -0.2) is 0 Å². The SMILES string of the molecule is Cc1cc(Oc2ccccc2)cc(C)c1C(N)=O. The minimum Gasteiger partial charge on any atom is -0.457 e. The molecule has 2 N–H and O–H groups in total. The van der Waals surface area contributed by atoms with Crippen molar-refractivity contribution in [3.63, 3.8) is 0 Å². The van der Waals surface area contributed by atoms with Gasteiger partial charge in [0.25, 0.3) is 0 Å². The van der Waals surface area contributed by atoms with Crippen molar-refractivity contribution in [2.45, 2.75) is 13.8 Å². The Morgan fingerprint density at radius 1 is 1.00 bits per heavy atom. The molecule has 0 unspecified atom stereocenters. The predicted octanol–water partition coefficient (Wildman–Crippen LogP) is 3.19. The number of para-hydroxylation sites is 1. The molecule has 2 aromatic carbocycles. The molecular weight excluding hydrogens is 226 g/mol. The number of aryl methyl sites for hydroxylation is 2. The fraction of sp³-hybridized carbons (Fsp3) is 0.133. The number of nitrogens with two attached hydrogens (primary N) is 1. The summed E-state index contributed by atoms with van der Waals surface area (Å²) < 4.78 is 5.72. The first-order chi connectivity index (χ1) is 8.58. The fourth-order valence-corrected chi connectivity index (χ4v) is 2.00. The van der Waals surface area contributed by atoms with Crippen LogP contribution in [0.15, 0.2) is 42.5 Å². The Balaban J connectivity index is 2.34. The maximum Gasteiger partial charge on any atom is 0.249 e. The van der Waals surface area contributed by atoms with Gasteiger partial charge in [0.05, 0.1) is 0 Å². The van der Waals surface area contributed by atoms with Crippen LogP contribution in [0.25, 0.3) is 0 Å². The van der Waals surface area contributed by atoms with E-state index in [1.54, 1.807) is 0 Å². The molecule has 0 bridgehead atoms. The van der Waals surface area contributed by atoms with E-state index in [-0.39, 0.29) is 0 Å². The van der Waals surface area contributed by atoms with Crippen LogP contribution in [-0.4, -0.2) is 5.91 Å². The lowest BCUT2D eigenvalue weighted by molar-refractivity contribution is 0.0999. The average molecular weight is 241 g/mol. The van der Waals surface area contributed by atoms with Crippen LogP contribution in [0.1, 0.15) is 21.5 Å². The largest absolute Gasteiger partial charge is 0.457 e. The van der Waals surface area contributed by atoms with Crippen LogP contribution in [-0.2, 0) is 0 Å². The number of benzene rings is 2. The molecule has 0 saturated carbocycles. The Kier molecular flexibility index (Phi) is 3.33. The number of hydrogen-bond donors (Lipinski definition) is 1. The van der Waals surface area contributed by atoms with Crippen LogP contribution in [0.4, 0.5) is 0 Å². The molecule has 0 aliphatic heterocycles. The number of primary amides is 1. The van der Waals surface area contributed by atoms with Crippen LogP contribution in [0.3, 0.4) is 0 Å². The molecule has 0 radical (unpaired) electrons. The molecule has 0 aliphatic rings. The zero-order valence-corrected chi connectivity index (χ0v) is 10.4. The molecule has 0 spiro atoms. The van der Waals surface area contributed by atoms with E-state index < -0.39 is 5.91 Å². The highest BCUT2D eigenvalue weighted by atomic mass is 16.5. The van der Waals surface area contributed by atoms with Gasteiger partial charge in [-0.3, -0.25) is 4.79 Å². The predicted molar refractivity (Wildman–Crippen MR) is 70.9 cm³/mol. The van der Waals surface area contributed by atoms with Gasteiger partial charge in [0.2, 0.25) is 5.91 Å². The molecular formula is C15H15NO2. The zero-order chi connectivity index (χ0) is 13.1. The summed E-state index contributed by atoms with van der Waals surface area (Å²) in [6.45, 7) is 3.70. The highest BCUT2D eigenvalue weighted by molar-refractivity contribution is 5.96. The van der Waals surface area contributed by atoms with Crippen molar-refractivity contribution in [3.8, 4) is 11.5 Å². The highest BCUT2D eigenvalue weighted by Gasteiger charge is 2.10. The summed E-state index contributed by atoms with van der Waals surface area (Å²) in [5.74, 6) is 1.07. The minimum absolute atomic E-state index is 0.406. The standard InChI is InChI=1S/C15H15NO2/c1-10-8-13(9-11(2)14(10)15(16)17)18-12-6-4-3-5-7-12/h3-9H,1-2H3,(H2,16,17). The minimum atomic E-state index is -0.406. The molecule has 2 aromatic rings. The first-order valence-corrected chi connectivity index (χ1v) is 5.72.